The van der Waals surface area contributed by atoms with Crippen molar-refractivity contribution in [3.8, 4) is 11.8 Å². The normalized spacial score (nSPS) is 13.2. The number of halogens is 2. The average Bonchev–Trinajstić information content (AvgIpc) is 3.21. The quantitative estimate of drug-likeness (QED) is 0.319. The number of nitriles is 1. The molecule has 0 atom stereocenters. The number of thioether (sulfide) groups is 1. The molecule has 1 amide bonds. The summed E-state index contributed by atoms with van der Waals surface area (Å²) < 4.78 is 7.49. The molecule has 0 aliphatic heterocycles. The van der Waals surface area contributed by atoms with Crippen LogP contribution in [0.4, 0.5) is 5.00 Å². The number of rotatable bonds is 7. The van der Waals surface area contributed by atoms with Gasteiger partial charge in [-0.05, 0) is 43.4 Å². The summed E-state index contributed by atoms with van der Waals surface area (Å²) in [4.78, 5) is 13.8. The molecule has 1 N–H and O–H groups in total. The number of hydrogen-bond acceptors (Lipinski definition) is 7. The predicted octanol–water partition coefficient (Wildman–Crippen LogP) is 5.63. The second-order valence-corrected chi connectivity index (χ2v) is 10.4. The third kappa shape index (κ3) is 5.64. The van der Waals surface area contributed by atoms with E-state index in [1.807, 2.05) is 7.05 Å². The minimum Gasteiger partial charge on any atom is -0.484 e. The number of carbonyl (C=O) groups excluding carboxylic acids is 1. The molecule has 1 aromatic carbocycles. The van der Waals surface area contributed by atoms with Crippen molar-refractivity contribution < 1.29 is 9.53 Å². The number of fused-ring (bicyclic) bond motifs is 1. The Kier molecular flexibility index (Phi) is 7.81. The molecule has 11 heteroatoms. The van der Waals surface area contributed by atoms with E-state index in [-0.39, 0.29) is 18.3 Å². The van der Waals surface area contributed by atoms with Gasteiger partial charge in [-0.2, -0.15) is 5.26 Å². The Bertz CT molecular complexity index is 1220. The maximum Gasteiger partial charge on any atom is 0.235 e. The van der Waals surface area contributed by atoms with Crippen LogP contribution >= 0.6 is 46.3 Å². The van der Waals surface area contributed by atoms with E-state index in [2.05, 4.69) is 21.6 Å². The Morgan fingerprint density at radius 2 is 2.12 bits per heavy atom. The molecule has 3 aromatic rings. The van der Waals surface area contributed by atoms with Crippen LogP contribution in [0.1, 0.15) is 41.1 Å². The van der Waals surface area contributed by atoms with Crippen LogP contribution in [0.2, 0.25) is 10.0 Å². The van der Waals surface area contributed by atoms with Crippen LogP contribution in [-0.4, -0.2) is 26.4 Å². The summed E-state index contributed by atoms with van der Waals surface area (Å²) in [5.41, 5.74) is 1.73. The van der Waals surface area contributed by atoms with Gasteiger partial charge in [0.25, 0.3) is 0 Å². The summed E-state index contributed by atoms with van der Waals surface area (Å²) >= 11 is 14.9. The van der Waals surface area contributed by atoms with Crippen LogP contribution < -0.4 is 10.1 Å². The van der Waals surface area contributed by atoms with Crippen molar-refractivity contribution in [1.29, 1.82) is 5.26 Å². The summed E-state index contributed by atoms with van der Waals surface area (Å²) in [6, 6.07) is 7.28. The number of anilines is 1. The van der Waals surface area contributed by atoms with Crippen LogP contribution in [-0.2, 0) is 31.3 Å². The summed E-state index contributed by atoms with van der Waals surface area (Å²) in [6.07, 6.45) is 5.28. The molecule has 0 spiro atoms. The van der Waals surface area contributed by atoms with E-state index in [1.54, 1.807) is 22.8 Å². The van der Waals surface area contributed by atoms with E-state index < -0.39 is 0 Å². The van der Waals surface area contributed by atoms with E-state index in [4.69, 9.17) is 27.9 Å². The smallest absolute Gasteiger partial charge is 0.235 e. The number of hydrogen-bond donors (Lipinski definition) is 1. The number of carbonyl (C=O) groups is 1. The number of aryl methyl sites for hydroxylation is 1. The van der Waals surface area contributed by atoms with Crippen molar-refractivity contribution >= 4 is 57.2 Å². The van der Waals surface area contributed by atoms with Crippen molar-refractivity contribution in [1.82, 2.24) is 14.8 Å². The van der Waals surface area contributed by atoms with Gasteiger partial charge in [0, 0.05) is 23.0 Å². The maximum atomic E-state index is 12.6. The van der Waals surface area contributed by atoms with Gasteiger partial charge in [-0.1, -0.05) is 41.4 Å². The molecule has 1 aliphatic rings. The lowest BCUT2D eigenvalue weighted by atomic mass is 10.1. The standard InChI is InChI=1S/C22H21Cl2N5O2S2/c1-29-19(11-31-17-9-13(23)7-8-16(17)24)27-28-22(29)32-12-20(30)26-21-15(10-25)14-5-3-2-4-6-18(14)33-21/h7-9H,2-6,11-12H2,1H3,(H,26,30). The molecular weight excluding hydrogens is 501 g/mol. The van der Waals surface area contributed by atoms with Crippen molar-refractivity contribution in [3.63, 3.8) is 0 Å². The van der Waals surface area contributed by atoms with E-state index in [0.29, 0.717) is 37.3 Å². The Balaban J connectivity index is 1.35. The lowest BCUT2D eigenvalue weighted by Gasteiger charge is -2.08. The number of nitrogens with zero attached hydrogens (tertiary/aromatic N) is 4. The molecular formula is C22H21Cl2N5O2S2. The van der Waals surface area contributed by atoms with Crippen LogP contribution in [0.25, 0.3) is 0 Å². The van der Waals surface area contributed by atoms with Crippen LogP contribution in [0, 0.1) is 11.3 Å². The van der Waals surface area contributed by atoms with Gasteiger partial charge in [0.1, 0.15) is 23.4 Å². The first-order valence-electron chi connectivity index (χ1n) is 10.4. The van der Waals surface area contributed by atoms with Gasteiger partial charge in [0.05, 0.1) is 16.3 Å². The zero-order valence-corrected chi connectivity index (χ0v) is 21.0. The highest BCUT2D eigenvalue weighted by Crippen LogP contribution is 2.37. The molecule has 33 heavy (non-hydrogen) atoms. The third-order valence-electron chi connectivity index (χ3n) is 5.29. The van der Waals surface area contributed by atoms with Crippen molar-refractivity contribution in [2.45, 2.75) is 43.9 Å². The van der Waals surface area contributed by atoms with Gasteiger partial charge in [0.2, 0.25) is 5.91 Å². The molecule has 7 nitrogen and oxygen atoms in total. The fourth-order valence-corrected chi connectivity index (χ4v) is 5.89. The first kappa shape index (κ1) is 23.9. The minimum absolute atomic E-state index is 0.153. The molecule has 0 radical (unpaired) electrons. The van der Waals surface area contributed by atoms with Crippen molar-refractivity contribution in [2.24, 2.45) is 7.05 Å². The van der Waals surface area contributed by atoms with Gasteiger partial charge < -0.3 is 14.6 Å². The highest BCUT2D eigenvalue weighted by Gasteiger charge is 2.21. The predicted molar refractivity (Wildman–Crippen MR) is 131 cm³/mol. The Hall–Kier alpha value is -2.25. The van der Waals surface area contributed by atoms with E-state index in [0.717, 1.165) is 31.2 Å². The molecule has 0 unspecified atom stereocenters. The maximum absolute atomic E-state index is 12.6. The molecule has 1 aliphatic carbocycles. The molecule has 0 saturated heterocycles. The molecule has 0 bridgehead atoms. The van der Waals surface area contributed by atoms with Crippen LogP contribution in [0.3, 0.4) is 0 Å². The van der Waals surface area contributed by atoms with Gasteiger partial charge in [-0.3, -0.25) is 4.79 Å². The monoisotopic (exact) mass is 521 g/mol. The molecule has 4 rings (SSSR count). The van der Waals surface area contributed by atoms with Crippen molar-refractivity contribution in [2.75, 3.05) is 11.1 Å². The number of nitrogens with one attached hydrogen (secondary N) is 1. The summed E-state index contributed by atoms with van der Waals surface area (Å²) in [5, 5.41) is 23.1. The zero-order valence-electron chi connectivity index (χ0n) is 17.9. The molecule has 0 saturated carbocycles. The second-order valence-electron chi connectivity index (χ2n) is 7.54. The summed E-state index contributed by atoms with van der Waals surface area (Å²) in [6.45, 7) is 0.155. The van der Waals surface area contributed by atoms with Crippen LogP contribution in [0.15, 0.2) is 23.4 Å². The Morgan fingerprint density at radius 3 is 2.94 bits per heavy atom. The number of aromatic nitrogens is 3. The Morgan fingerprint density at radius 1 is 1.30 bits per heavy atom. The molecule has 172 valence electrons. The van der Waals surface area contributed by atoms with Gasteiger partial charge in [-0.15, -0.1) is 21.5 Å². The molecule has 2 heterocycles. The zero-order chi connectivity index (χ0) is 23.4. The third-order valence-corrected chi connectivity index (χ3v) is 8.07. The van der Waals surface area contributed by atoms with Crippen molar-refractivity contribution in [3.05, 3.63) is 50.1 Å². The molecule has 0 fully saturated rings. The number of thiophene rings is 1. The number of ether oxygens (including phenoxy) is 1. The lowest BCUT2D eigenvalue weighted by Crippen LogP contribution is -2.14. The Labute approximate surface area is 210 Å². The number of benzene rings is 1. The van der Waals surface area contributed by atoms with Gasteiger partial charge >= 0.3 is 0 Å². The largest absolute Gasteiger partial charge is 0.484 e. The second kappa shape index (κ2) is 10.8. The molecule has 2 aromatic heterocycles. The highest BCUT2D eigenvalue weighted by atomic mass is 35.5. The minimum atomic E-state index is -0.181. The van der Waals surface area contributed by atoms with E-state index in [9.17, 15) is 10.1 Å². The van der Waals surface area contributed by atoms with E-state index in [1.165, 1.54) is 34.4 Å². The number of amides is 1. The van der Waals surface area contributed by atoms with Gasteiger partial charge in [0.15, 0.2) is 11.0 Å². The average molecular weight is 522 g/mol. The first-order chi connectivity index (χ1) is 16.0. The fourth-order valence-electron chi connectivity index (χ4n) is 3.57. The fraction of sp³-hybridized carbons (Fsp3) is 0.364. The highest BCUT2D eigenvalue weighted by molar-refractivity contribution is 7.99. The van der Waals surface area contributed by atoms with E-state index >= 15 is 0 Å². The summed E-state index contributed by atoms with van der Waals surface area (Å²) in [7, 11) is 1.81. The SMILES string of the molecule is Cn1c(COc2cc(Cl)ccc2Cl)nnc1SCC(=O)Nc1sc2c(c1C#N)CCCCC2. The van der Waals surface area contributed by atoms with Crippen LogP contribution in [0.5, 0.6) is 5.75 Å². The van der Waals surface area contributed by atoms with Gasteiger partial charge in [-0.25, -0.2) is 0 Å². The lowest BCUT2D eigenvalue weighted by molar-refractivity contribution is -0.113. The first-order valence-corrected chi connectivity index (χ1v) is 13.0. The topological polar surface area (TPSA) is 92.8 Å². The summed E-state index contributed by atoms with van der Waals surface area (Å²) in [5.74, 6) is 1.02.